The molecule has 0 spiro atoms. The first-order valence-corrected chi connectivity index (χ1v) is 8.95. The molecule has 0 saturated carbocycles. The van der Waals surface area contributed by atoms with Crippen LogP contribution in [0.3, 0.4) is 0 Å². The van der Waals surface area contributed by atoms with E-state index >= 15 is 0 Å². The van der Waals surface area contributed by atoms with Gasteiger partial charge in [0.05, 0.1) is 11.1 Å². The molecule has 3 rings (SSSR count). The van der Waals surface area contributed by atoms with Gasteiger partial charge < -0.3 is 9.15 Å². The third-order valence-electron chi connectivity index (χ3n) is 3.06. The van der Waals surface area contributed by atoms with Crippen molar-refractivity contribution in [1.29, 1.82) is 0 Å². The highest BCUT2D eigenvalue weighted by molar-refractivity contribution is 9.10. The maximum atomic E-state index is 11.8. The highest BCUT2D eigenvalue weighted by atomic mass is 79.9. The van der Waals surface area contributed by atoms with Crippen molar-refractivity contribution in [1.82, 2.24) is 10.2 Å². The third-order valence-corrected chi connectivity index (χ3v) is 4.54. The summed E-state index contributed by atoms with van der Waals surface area (Å²) in [6, 6.07) is 16.5. The number of thioether (sulfide) groups is 1. The number of carbonyl (C=O) groups excluding carboxylic acids is 1. The first-order chi connectivity index (χ1) is 11.7. The molecule has 122 valence electrons. The van der Waals surface area contributed by atoms with E-state index in [0.29, 0.717) is 22.4 Å². The Balaban J connectivity index is 1.50. The van der Waals surface area contributed by atoms with Crippen molar-refractivity contribution in [2.75, 3.05) is 12.4 Å². The maximum absolute atomic E-state index is 11.8. The molecule has 1 aromatic heterocycles. The Labute approximate surface area is 151 Å². The number of benzene rings is 2. The Bertz CT molecular complexity index is 823. The minimum absolute atomic E-state index is 0.269. The van der Waals surface area contributed by atoms with Crippen LogP contribution in [0, 0.1) is 0 Å². The van der Waals surface area contributed by atoms with Crippen LogP contribution in [0.1, 0.15) is 10.4 Å². The molecule has 0 aliphatic heterocycles. The molecule has 0 N–H and O–H groups in total. The molecule has 0 aliphatic rings. The number of nitrogens with zero attached hydrogens (tertiary/aromatic N) is 2. The fraction of sp³-hybridized carbons (Fsp3) is 0.118. The lowest BCUT2D eigenvalue weighted by molar-refractivity contribution is 0.0530. The minimum atomic E-state index is -0.337. The van der Waals surface area contributed by atoms with E-state index in [0.717, 1.165) is 10.0 Å². The summed E-state index contributed by atoms with van der Waals surface area (Å²) in [6.07, 6.45) is 0. The zero-order chi connectivity index (χ0) is 16.8. The lowest BCUT2D eigenvalue weighted by atomic mass is 10.2. The van der Waals surface area contributed by atoms with Crippen LogP contribution in [-0.4, -0.2) is 28.5 Å². The summed E-state index contributed by atoms with van der Waals surface area (Å²) in [7, 11) is 0. The van der Waals surface area contributed by atoms with Crippen LogP contribution in [0.2, 0.25) is 0 Å². The topological polar surface area (TPSA) is 65.2 Å². The Morgan fingerprint density at radius 1 is 1.08 bits per heavy atom. The van der Waals surface area contributed by atoms with Crippen LogP contribution in [-0.2, 0) is 4.74 Å². The number of hydrogen-bond donors (Lipinski definition) is 0. The number of carbonyl (C=O) groups is 1. The summed E-state index contributed by atoms with van der Waals surface area (Å²) in [4.78, 5) is 11.8. The van der Waals surface area contributed by atoms with E-state index in [4.69, 9.17) is 9.15 Å². The molecule has 0 saturated heterocycles. The average molecular weight is 405 g/mol. The molecule has 24 heavy (non-hydrogen) atoms. The van der Waals surface area contributed by atoms with Gasteiger partial charge in [-0.3, -0.25) is 0 Å². The fourth-order valence-corrected chi connectivity index (χ4v) is 2.96. The second kappa shape index (κ2) is 8.12. The van der Waals surface area contributed by atoms with Crippen LogP contribution >= 0.6 is 27.7 Å². The second-order valence-electron chi connectivity index (χ2n) is 4.70. The summed E-state index contributed by atoms with van der Waals surface area (Å²) in [6.45, 7) is 0.269. The SMILES string of the molecule is O=C(OCCSc1nnc(-c2ccccc2Br)o1)c1ccccc1. The van der Waals surface area contributed by atoms with Gasteiger partial charge >= 0.3 is 5.97 Å². The molecule has 5 nitrogen and oxygen atoms in total. The largest absolute Gasteiger partial charge is 0.461 e. The van der Waals surface area contributed by atoms with Crippen LogP contribution < -0.4 is 0 Å². The molecule has 1 heterocycles. The average Bonchev–Trinajstić information content (AvgIpc) is 3.08. The van der Waals surface area contributed by atoms with Gasteiger partial charge in [-0.25, -0.2) is 4.79 Å². The monoisotopic (exact) mass is 404 g/mol. The van der Waals surface area contributed by atoms with Crippen LogP contribution in [0.5, 0.6) is 0 Å². The molecule has 0 amide bonds. The van der Waals surface area contributed by atoms with Crippen molar-refractivity contribution < 1.29 is 13.9 Å². The van der Waals surface area contributed by atoms with Crippen molar-refractivity contribution in [3.05, 3.63) is 64.6 Å². The number of ether oxygens (including phenoxy) is 1. The van der Waals surface area contributed by atoms with Gasteiger partial charge in [0.25, 0.3) is 5.22 Å². The summed E-state index contributed by atoms with van der Waals surface area (Å²) >= 11 is 4.80. The molecule has 0 radical (unpaired) electrons. The fourth-order valence-electron chi connectivity index (χ4n) is 1.93. The van der Waals surface area contributed by atoms with Gasteiger partial charge in [-0.15, -0.1) is 10.2 Å². The Hall–Kier alpha value is -2.12. The molecule has 0 fully saturated rings. The molecular formula is C17H13BrN2O3S. The van der Waals surface area contributed by atoms with Crippen molar-refractivity contribution >= 4 is 33.7 Å². The normalized spacial score (nSPS) is 10.5. The molecular weight excluding hydrogens is 392 g/mol. The first kappa shape index (κ1) is 16.7. The number of rotatable bonds is 6. The van der Waals surface area contributed by atoms with Gasteiger partial charge in [0.1, 0.15) is 6.61 Å². The predicted octanol–water partition coefficient (Wildman–Crippen LogP) is 4.45. The molecule has 2 aromatic carbocycles. The van der Waals surface area contributed by atoms with Gasteiger partial charge in [0.2, 0.25) is 5.89 Å². The van der Waals surface area contributed by atoms with E-state index in [1.165, 1.54) is 11.8 Å². The van der Waals surface area contributed by atoms with E-state index in [9.17, 15) is 4.79 Å². The highest BCUT2D eigenvalue weighted by Gasteiger charge is 2.12. The number of hydrogen-bond acceptors (Lipinski definition) is 6. The number of aromatic nitrogens is 2. The molecule has 0 unspecified atom stereocenters. The summed E-state index contributed by atoms with van der Waals surface area (Å²) < 4.78 is 11.7. The predicted molar refractivity (Wildman–Crippen MR) is 94.9 cm³/mol. The summed E-state index contributed by atoms with van der Waals surface area (Å²) in [5, 5.41) is 8.47. The maximum Gasteiger partial charge on any atom is 0.338 e. The van der Waals surface area contributed by atoms with Gasteiger partial charge in [-0.1, -0.05) is 42.1 Å². The Kier molecular flexibility index (Phi) is 5.66. The zero-order valence-electron chi connectivity index (χ0n) is 12.5. The van der Waals surface area contributed by atoms with E-state index in [1.807, 2.05) is 30.3 Å². The van der Waals surface area contributed by atoms with Gasteiger partial charge in [0.15, 0.2) is 0 Å². The van der Waals surface area contributed by atoms with Gasteiger partial charge in [0, 0.05) is 10.2 Å². The summed E-state index contributed by atoms with van der Waals surface area (Å²) in [5.74, 6) is 0.651. The second-order valence-corrected chi connectivity index (χ2v) is 6.60. The van der Waals surface area contributed by atoms with Crippen LogP contribution in [0.4, 0.5) is 0 Å². The zero-order valence-corrected chi connectivity index (χ0v) is 14.9. The van der Waals surface area contributed by atoms with Crippen LogP contribution in [0.15, 0.2) is 68.7 Å². The minimum Gasteiger partial charge on any atom is -0.461 e. The molecule has 0 aliphatic carbocycles. The van der Waals surface area contributed by atoms with Gasteiger partial charge in [-0.2, -0.15) is 0 Å². The standard InChI is InChI=1S/C17H13BrN2O3S/c18-14-9-5-4-8-13(14)15-19-20-17(23-15)24-11-10-22-16(21)12-6-2-1-3-7-12/h1-9H,10-11H2. The van der Waals surface area contributed by atoms with E-state index in [1.54, 1.807) is 24.3 Å². The molecule has 0 bridgehead atoms. The molecule has 0 atom stereocenters. The van der Waals surface area contributed by atoms with E-state index in [-0.39, 0.29) is 12.6 Å². The first-order valence-electron chi connectivity index (χ1n) is 7.17. The van der Waals surface area contributed by atoms with E-state index < -0.39 is 0 Å². The molecule has 3 aromatic rings. The highest BCUT2D eigenvalue weighted by Crippen LogP contribution is 2.28. The third kappa shape index (κ3) is 4.24. The molecule has 7 heteroatoms. The lowest BCUT2D eigenvalue weighted by Gasteiger charge is -2.03. The van der Waals surface area contributed by atoms with Crippen molar-refractivity contribution in [2.24, 2.45) is 0 Å². The number of esters is 1. The van der Waals surface area contributed by atoms with Crippen molar-refractivity contribution in [3.63, 3.8) is 0 Å². The van der Waals surface area contributed by atoms with Crippen LogP contribution in [0.25, 0.3) is 11.5 Å². The Morgan fingerprint density at radius 2 is 1.83 bits per heavy atom. The lowest BCUT2D eigenvalue weighted by Crippen LogP contribution is -2.07. The van der Waals surface area contributed by atoms with Gasteiger partial charge in [-0.05, 0) is 40.2 Å². The van der Waals surface area contributed by atoms with Crippen molar-refractivity contribution in [2.45, 2.75) is 5.22 Å². The quantitative estimate of drug-likeness (QED) is 0.343. The number of halogens is 1. The van der Waals surface area contributed by atoms with E-state index in [2.05, 4.69) is 26.1 Å². The summed E-state index contributed by atoms with van der Waals surface area (Å²) in [5.41, 5.74) is 1.38. The Morgan fingerprint density at radius 3 is 2.62 bits per heavy atom. The van der Waals surface area contributed by atoms with Crippen molar-refractivity contribution in [3.8, 4) is 11.5 Å². The smallest absolute Gasteiger partial charge is 0.338 e.